The van der Waals surface area contributed by atoms with Crippen LogP contribution in [0.3, 0.4) is 0 Å². The fourth-order valence-electron chi connectivity index (χ4n) is 5.04. The van der Waals surface area contributed by atoms with Crippen LogP contribution >= 0.6 is 0 Å². The van der Waals surface area contributed by atoms with Gasteiger partial charge in [0.25, 0.3) is 6.43 Å². The average Bonchev–Trinajstić information content (AvgIpc) is 3.33. The minimum atomic E-state index is -2.74. The van der Waals surface area contributed by atoms with E-state index in [1.165, 1.54) is 12.1 Å². The molecule has 0 spiro atoms. The maximum atomic E-state index is 14.5. The number of fused-ring (bicyclic) bond motifs is 2. The van der Waals surface area contributed by atoms with Gasteiger partial charge in [-0.25, -0.2) is 23.2 Å². The highest BCUT2D eigenvalue weighted by atomic mass is 19.3. The van der Waals surface area contributed by atoms with Gasteiger partial charge in [-0.15, -0.1) is 0 Å². The first-order chi connectivity index (χ1) is 18.9. The lowest BCUT2D eigenvalue weighted by molar-refractivity contribution is 0.0690. The van der Waals surface area contributed by atoms with E-state index >= 15 is 0 Å². The lowest BCUT2D eigenvalue weighted by Gasteiger charge is -2.32. The quantitative estimate of drug-likeness (QED) is 0.340. The second-order valence-corrected chi connectivity index (χ2v) is 9.43. The van der Waals surface area contributed by atoms with E-state index < -0.39 is 12.4 Å². The summed E-state index contributed by atoms with van der Waals surface area (Å²) in [4.78, 5) is 24.3. The van der Waals surface area contributed by atoms with Gasteiger partial charge < -0.3 is 14.9 Å². The maximum Gasteiger partial charge on any atom is 0.354 e. The number of aromatic carboxylic acids is 1. The SMILES string of the molecule is CN1C=CC=CC(n2cc(-c3cc4c(cc3C(F)F)N(c3nc(C(=O)O)cc5cccnc35)CCC4)cn2)=C1. The van der Waals surface area contributed by atoms with Crippen molar-refractivity contribution in [2.24, 2.45) is 0 Å². The van der Waals surface area contributed by atoms with Crippen molar-refractivity contribution in [2.75, 3.05) is 18.5 Å². The summed E-state index contributed by atoms with van der Waals surface area (Å²) in [5.41, 5.74) is 3.50. The number of aryl methyl sites for hydroxylation is 1. The summed E-state index contributed by atoms with van der Waals surface area (Å²) in [6, 6.07) is 8.25. The first-order valence-corrected chi connectivity index (χ1v) is 12.4. The molecule has 0 radical (unpaired) electrons. The van der Waals surface area contributed by atoms with Crippen LogP contribution in [0.5, 0.6) is 0 Å². The highest BCUT2D eigenvalue weighted by molar-refractivity contribution is 5.97. The monoisotopic (exact) mass is 526 g/mol. The zero-order chi connectivity index (χ0) is 27.1. The van der Waals surface area contributed by atoms with Gasteiger partial charge in [-0.3, -0.25) is 4.98 Å². The summed E-state index contributed by atoms with van der Waals surface area (Å²) in [7, 11) is 1.90. The molecule has 2 aliphatic heterocycles. The van der Waals surface area contributed by atoms with Crippen LogP contribution in [-0.4, -0.2) is 49.3 Å². The highest BCUT2D eigenvalue weighted by Crippen LogP contribution is 2.42. The van der Waals surface area contributed by atoms with Gasteiger partial charge in [0.15, 0.2) is 11.5 Å². The van der Waals surface area contributed by atoms with E-state index in [0.29, 0.717) is 46.5 Å². The topological polar surface area (TPSA) is 87.4 Å². The Labute approximate surface area is 222 Å². The van der Waals surface area contributed by atoms with Gasteiger partial charge >= 0.3 is 5.97 Å². The molecule has 2 aliphatic rings. The predicted octanol–water partition coefficient (Wildman–Crippen LogP) is 6.03. The number of alkyl halides is 2. The number of hydrogen-bond donors (Lipinski definition) is 1. The predicted molar refractivity (Wildman–Crippen MR) is 145 cm³/mol. The summed E-state index contributed by atoms with van der Waals surface area (Å²) >= 11 is 0. The summed E-state index contributed by atoms with van der Waals surface area (Å²) in [5, 5.41) is 14.7. The molecule has 0 aliphatic carbocycles. The molecule has 4 aromatic rings. The normalized spacial score (nSPS) is 15.0. The first kappa shape index (κ1) is 24.5. The Balaban J connectivity index is 1.47. The van der Waals surface area contributed by atoms with Gasteiger partial charge in [-0.2, -0.15) is 5.10 Å². The Hall–Kier alpha value is -4.86. The molecule has 196 valence electrons. The highest BCUT2D eigenvalue weighted by Gasteiger charge is 2.27. The number of hydrogen-bond acceptors (Lipinski definition) is 6. The van der Waals surface area contributed by atoms with Gasteiger partial charge in [-0.05, 0) is 60.4 Å². The Bertz CT molecular complexity index is 1690. The fourth-order valence-corrected chi connectivity index (χ4v) is 5.04. The summed E-state index contributed by atoms with van der Waals surface area (Å²) in [5.74, 6) is -0.822. The van der Waals surface area contributed by atoms with E-state index in [0.717, 1.165) is 17.7 Å². The number of nitrogens with zero attached hydrogens (tertiary/aromatic N) is 6. The van der Waals surface area contributed by atoms with E-state index in [4.69, 9.17) is 0 Å². The van der Waals surface area contributed by atoms with Crippen LogP contribution in [0.1, 0.15) is 34.5 Å². The first-order valence-electron chi connectivity index (χ1n) is 12.4. The van der Waals surface area contributed by atoms with Crippen LogP contribution in [-0.2, 0) is 6.42 Å². The molecule has 0 unspecified atom stereocenters. The number of anilines is 2. The van der Waals surface area contributed by atoms with E-state index in [9.17, 15) is 18.7 Å². The Morgan fingerprint density at radius 1 is 1.18 bits per heavy atom. The van der Waals surface area contributed by atoms with Crippen molar-refractivity contribution in [1.29, 1.82) is 0 Å². The Morgan fingerprint density at radius 2 is 2.05 bits per heavy atom. The van der Waals surface area contributed by atoms with Crippen LogP contribution in [0.4, 0.5) is 20.3 Å². The average molecular weight is 527 g/mol. The smallest absolute Gasteiger partial charge is 0.354 e. The van der Waals surface area contributed by atoms with E-state index in [2.05, 4.69) is 15.1 Å². The number of rotatable bonds is 5. The van der Waals surface area contributed by atoms with Crippen LogP contribution < -0.4 is 4.90 Å². The number of halogens is 2. The zero-order valence-corrected chi connectivity index (χ0v) is 21.0. The Kier molecular flexibility index (Phi) is 6.14. The van der Waals surface area contributed by atoms with Gasteiger partial charge in [0.05, 0.1) is 11.9 Å². The second kappa shape index (κ2) is 9.79. The van der Waals surface area contributed by atoms with Crippen molar-refractivity contribution in [2.45, 2.75) is 19.3 Å². The molecule has 6 rings (SSSR count). The molecule has 1 N–H and O–H groups in total. The molecule has 0 saturated heterocycles. The minimum Gasteiger partial charge on any atom is -0.477 e. The van der Waals surface area contributed by atoms with Gasteiger partial charge in [0.1, 0.15) is 5.52 Å². The number of allylic oxidation sites excluding steroid dienone is 4. The number of carbonyl (C=O) groups is 1. The standard InChI is InChI=1S/C29H24F2N6O2/c1-35-10-3-2-8-21(17-35)37-16-20(15-33-37)22-12-18-7-5-11-36(25(18)14-23(22)27(30)31)28-26-19(6-4-9-32-26)13-24(34-28)29(38)39/h2-4,6,8-10,12-17,27H,5,7,11H2,1H3,(H,38,39). The lowest BCUT2D eigenvalue weighted by atomic mass is 9.93. The van der Waals surface area contributed by atoms with Crippen molar-refractivity contribution in [3.63, 3.8) is 0 Å². The maximum absolute atomic E-state index is 14.5. The number of aromatic nitrogens is 4. The van der Waals surface area contributed by atoms with Crippen LogP contribution in [0, 0.1) is 0 Å². The lowest BCUT2D eigenvalue weighted by Crippen LogP contribution is -2.26. The third kappa shape index (κ3) is 4.54. The van der Waals surface area contributed by atoms with Crippen molar-refractivity contribution >= 4 is 34.1 Å². The summed E-state index contributed by atoms with van der Waals surface area (Å²) < 4.78 is 30.7. The third-order valence-electron chi connectivity index (χ3n) is 6.84. The molecule has 5 heterocycles. The molecular weight excluding hydrogens is 502 g/mol. The zero-order valence-electron chi connectivity index (χ0n) is 21.0. The molecule has 0 saturated carbocycles. The van der Waals surface area contributed by atoms with E-state index in [1.807, 2.05) is 47.5 Å². The van der Waals surface area contributed by atoms with Crippen molar-refractivity contribution in [3.8, 4) is 11.1 Å². The van der Waals surface area contributed by atoms with Crippen LogP contribution in [0.25, 0.3) is 27.7 Å². The molecule has 0 amide bonds. The Morgan fingerprint density at radius 3 is 2.87 bits per heavy atom. The molecule has 3 aromatic heterocycles. The number of carboxylic acid groups (broad SMARTS) is 1. The van der Waals surface area contributed by atoms with Crippen molar-refractivity contribution in [1.82, 2.24) is 24.6 Å². The number of benzene rings is 1. The van der Waals surface area contributed by atoms with E-state index in [1.54, 1.807) is 41.5 Å². The van der Waals surface area contributed by atoms with Gasteiger partial charge in [0, 0.05) is 60.6 Å². The molecule has 0 atom stereocenters. The molecule has 10 heteroatoms. The van der Waals surface area contributed by atoms with E-state index in [-0.39, 0.29) is 11.3 Å². The van der Waals surface area contributed by atoms with Gasteiger partial charge in [0.2, 0.25) is 0 Å². The van der Waals surface area contributed by atoms with Crippen molar-refractivity contribution < 1.29 is 18.7 Å². The van der Waals surface area contributed by atoms with Crippen LogP contribution in [0.2, 0.25) is 0 Å². The van der Waals surface area contributed by atoms with Crippen molar-refractivity contribution in [3.05, 3.63) is 96.4 Å². The molecule has 8 nitrogen and oxygen atoms in total. The molecular formula is C29H24F2N6O2. The van der Waals surface area contributed by atoms with Crippen LogP contribution in [0.15, 0.2) is 79.6 Å². The number of pyridine rings is 2. The molecule has 39 heavy (non-hydrogen) atoms. The molecule has 1 aromatic carbocycles. The largest absolute Gasteiger partial charge is 0.477 e. The summed E-state index contributed by atoms with van der Waals surface area (Å²) in [6.07, 6.45) is 13.1. The summed E-state index contributed by atoms with van der Waals surface area (Å²) in [6.45, 7) is 0.497. The minimum absolute atomic E-state index is 0.126. The second-order valence-electron chi connectivity index (χ2n) is 9.43. The fraction of sp³-hybridized carbons (Fsp3) is 0.172. The number of carboxylic acids is 1. The molecule has 0 bridgehead atoms. The van der Waals surface area contributed by atoms with Gasteiger partial charge in [-0.1, -0.05) is 12.1 Å². The molecule has 0 fully saturated rings. The third-order valence-corrected chi connectivity index (χ3v) is 6.84.